The number of hydrogen-bond donors (Lipinski definition) is 1. The van der Waals surface area contributed by atoms with Crippen molar-refractivity contribution in [2.75, 3.05) is 37.6 Å². The van der Waals surface area contributed by atoms with E-state index in [9.17, 15) is 4.79 Å². The zero-order valence-electron chi connectivity index (χ0n) is 17.8. The van der Waals surface area contributed by atoms with E-state index in [1.807, 2.05) is 12.1 Å². The van der Waals surface area contributed by atoms with Crippen molar-refractivity contribution >= 4 is 11.7 Å². The van der Waals surface area contributed by atoms with Gasteiger partial charge in [-0.2, -0.15) is 0 Å². The predicted octanol–water partition coefficient (Wildman–Crippen LogP) is 5.20. The minimum Gasteiger partial charge on any atom is -0.478 e. The zero-order valence-corrected chi connectivity index (χ0v) is 17.8. The Bertz CT molecular complexity index is 698. The van der Waals surface area contributed by atoms with Crippen LogP contribution in [0.2, 0.25) is 0 Å². The van der Waals surface area contributed by atoms with E-state index >= 15 is 0 Å². The van der Waals surface area contributed by atoms with Gasteiger partial charge < -0.3 is 10.0 Å². The Labute approximate surface area is 170 Å². The lowest BCUT2D eigenvalue weighted by atomic mass is 9.73. The summed E-state index contributed by atoms with van der Waals surface area (Å²) in [5.41, 5.74) is 5.41. The van der Waals surface area contributed by atoms with Crippen LogP contribution in [0.15, 0.2) is 35.4 Å². The summed E-state index contributed by atoms with van der Waals surface area (Å²) >= 11 is 0. The molecule has 1 heterocycles. The molecule has 1 aromatic carbocycles. The molecule has 1 aliphatic carbocycles. The highest BCUT2D eigenvalue weighted by Crippen LogP contribution is 2.40. The van der Waals surface area contributed by atoms with Crippen LogP contribution < -0.4 is 4.90 Å². The topological polar surface area (TPSA) is 43.8 Å². The van der Waals surface area contributed by atoms with Crippen LogP contribution >= 0.6 is 0 Å². The molecule has 1 saturated heterocycles. The van der Waals surface area contributed by atoms with Gasteiger partial charge in [-0.05, 0) is 61.8 Å². The third-order valence-electron chi connectivity index (χ3n) is 6.39. The number of piperazine rings is 1. The average molecular weight is 385 g/mol. The van der Waals surface area contributed by atoms with Crippen molar-refractivity contribution in [1.29, 1.82) is 0 Å². The first-order valence-corrected chi connectivity index (χ1v) is 10.9. The molecule has 0 bridgehead atoms. The van der Waals surface area contributed by atoms with Crippen molar-refractivity contribution in [3.05, 3.63) is 41.0 Å². The van der Waals surface area contributed by atoms with Gasteiger partial charge in [0.2, 0.25) is 0 Å². The zero-order chi connectivity index (χ0) is 20.1. The Kier molecular flexibility index (Phi) is 6.82. The number of aromatic carboxylic acids is 1. The number of benzene rings is 1. The largest absolute Gasteiger partial charge is 0.478 e. The van der Waals surface area contributed by atoms with Crippen LogP contribution in [0.3, 0.4) is 0 Å². The molecular formula is C24H36N2O2. The summed E-state index contributed by atoms with van der Waals surface area (Å²) in [6.07, 6.45) is 7.73. The normalized spacial score (nSPS) is 20.5. The smallest absolute Gasteiger partial charge is 0.335 e. The van der Waals surface area contributed by atoms with Crippen molar-refractivity contribution in [2.45, 2.75) is 59.3 Å². The van der Waals surface area contributed by atoms with Gasteiger partial charge in [-0.3, -0.25) is 4.90 Å². The molecule has 3 rings (SSSR count). The lowest BCUT2D eigenvalue weighted by Gasteiger charge is -2.39. The average Bonchev–Trinajstić information content (AvgIpc) is 2.68. The summed E-state index contributed by atoms with van der Waals surface area (Å²) in [6.45, 7) is 12.4. The van der Waals surface area contributed by atoms with Gasteiger partial charge in [-0.25, -0.2) is 4.79 Å². The molecular weight excluding hydrogens is 348 g/mol. The summed E-state index contributed by atoms with van der Waals surface area (Å²) in [5.74, 6) is -0.862. The first-order valence-electron chi connectivity index (χ1n) is 10.9. The number of rotatable bonds is 7. The molecule has 1 N–H and O–H groups in total. The van der Waals surface area contributed by atoms with E-state index in [4.69, 9.17) is 5.11 Å². The van der Waals surface area contributed by atoms with E-state index in [0.29, 0.717) is 11.0 Å². The predicted molar refractivity (Wildman–Crippen MR) is 116 cm³/mol. The first kappa shape index (κ1) is 20.9. The van der Waals surface area contributed by atoms with Gasteiger partial charge in [0.05, 0.1) is 5.56 Å². The molecule has 0 saturated carbocycles. The highest BCUT2D eigenvalue weighted by molar-refractivity contribution is 5.88. The minimum absolute atomic E-state index is 0.356. The van der Waals surface area contributed by atoms with Crippen molar-refractivity contribution in [3.8, 4) is 0 Å². The molecule has 0 atom stereocenters. The van der Waals surface area contributed by atoms with E-state index in [1.54, 1.807) is 23.3 Å². The molecule has 4 heteroatoms. The SMILES string of the molecule is CCCCC1=C(CN2CCN(c3ccc(C(=O)O)cc3)CC2)CCC(C)(C)C1. The third kappa shape index (κ3) is 5.38. The fraction of sp³-hybridized carbons (Fsp3) is 0.625. The molecule has 28 heavy (non-hydrogen) atoms. The molecule has 2 aliphatic rings. The van der Waals surface area contributed by atoms with Crippen LogP contribution in [-0.2, 0) is 0 Å². The monoisotopic (exact) mass is 384 g/mol. The third-order valence-corrected chi connectivity index (χ3v) is 6.39. The minimum atomic E-state index is -0.862. The van der Waals surface area contributed by atoms with Crippen molar-refractivity contribution in [1.82, 2.24) is 4.90 Å². The molecule has 4 nitrogen and oxygen atoms in total. The molecule has 0 radical (unpaired) electrons. The van der Waals surface area contributed by atoms with Crippen LogP contribution in [-0.4, -0.2) is 48.7 Å². The van der Waals surface area contributed by atoms with E-state index in [2.05, 4.69) is 30.6 Å². The molecule has 0 spiro atoms. The van der Waals surface area contributed by atoms with Gasteiger partial charge in [0.15, 0.2) is 0 Å². The summed E-state index contributed by atoms with van der Waals surface area (Å²) in [6, 6.07) is 7.29. The Balaban J connectivity index is 1.58. The number of carbonyl (C=O) groups is 1. The first-order chi connectivity index (χ1) is 13.4. The molecule has 1 aromatic rings. The van der Waals surface area contributed by atoms with Gasteiger partial charge in [0.25, 0.3) is 0 Å². The number of carboxylic acids is 1. The number of nitrogens with zero attached hydrogens (tertiary/aromatic N) is 2. The van der Waals surface area contributed by atoms with Gasteiger partial charge in [-0.1, -0.05) is 38.3 Å². The molecule has 1 aliphatic heterocycles. The quantitative estimate of drug-likeness (QED) is 0.656. The van der Waals surface area contributed by atoms with E-state index in [0.717, 1.165) is 38.4 Å². The van der Waals surface area contributed by atoms with Gasteiger partial charge in [0.1, 0.15) is 0 Å². The molecule has 0 unspecified atom stereocenters. The molecule has 0 aromatic heterocycles. The maximum Gasteiger partial charge on any atom is 0.335 e. The van der Waals surface area contributed by atoms with Crippen LogP contribution in [0.5, 0.6) is 0 Å². The summed E-state index contributed by atoms with van der Waals surface area (Å²) in [5, 5.41) is 9.06. The number of allylic oxidation sites excluding steroid dienone is 1. The Morgan fingerprint density at radius 2 is 1.75 bits per heavy atom. The Morgan fingerprint density at radius 1 is 1.07 bits per heavy atom. The second-order valence-electron chi connectivity index (χ2n) is 9.27. The van der Waals surface area contributed by atoms with Crippen LogP contribution in [0, 0.1) is 5.41 Å². The fourth-order valence-corrected chi connectivity index (χ4v) is 4.55. The van der Waals surface area contributed by atoms with E-state index in [-0.39, 0.29) is 0 Å². The lowest BCUT2D eigenvalue weighted by molar-refractivity contribution is 0.0697. The van der Waals surface area contributed by atoms with Crippen molar-refractivity contribution in [3.63, 3.8) is 0 Å². The molecule has 0 amide bonds. The number of anilines is 1. The summed E-state index contributed by atoms with van der Waals surface area (Å²) in [4.78, 5) is 16.0. The highest BCUT2D eigenvalue weighted by Gasteiger charge is 2.28. The van der Waals surface area contributed by atoms with Crippen LogP contribution in [0.1, 0.15) is 69.7 Å². The lowest BCUT2D eigenvalue weighted by Crippen LogP contribution is -2.47. The summed E-state index contributed by atoms with van der Waals surface area (Å²) < 4.78 is 0. The maximum absolute atomic E-state index is 11.0. The number of unbranched alkanes of at least 4 members (excludes halogenated alkanes) is 1. The Morgan fingerprint density at radius 3 is 2.36 bits per heavy atom. The fourth-order valence-electron chi connectivity index (χ4n) is 4.55. The number of hydrogen-bond acceptors (Lipinski definition) is 3. The van der Waals surface area contributed by atoms with Gasteiger partial charge >= 0.3 is 5.97 Å². The Hall–Kier alpha value is -1.81. The molecule has 1 fully saturated rings. The van der Waals surface area contributed by atoms with Crippen molar-refractivity contribution < 1.29 is 9.90 Å². The van der Waals surface area contributed by atoms with Crippen LogP contribution in [0.4, 0.5) is 5.69 Å². The van der Waals surface area contributed by atoms with Crippen molar-refractivity contribution in [2.24, 2.45) is 5.41 Å². The second kappa shape index (κ2) is 9.13. The molecule has 154 valence electrons. The van der Waals surface area contributed by atoms with Gasteiger partial charge in [-0.15, -0.1) is 0 Å². The highest BCUT2D eigenvalue weighted by atomic mass is 16.4. The second-order valence-corrected chi connectivity index (χ2v) is 9.27. The number of carboxylic acid groups (broad SMARTS) is 1. The van der Waals surface area contributed by atoms with Gasteiger partial charge in [0, 0.05) is 38.4 Å². The van der Waals surface area contributed by atoms with E-state index in [1.165, 1.54) is 38.5 Å². The van der Waals surface area contributed by atoms with Crippen LogP contribution in [0.25, 0.3) is 0 Å². The summed E-state index contributed by atoms with van der Waals surface area (Å²) in [7, 11) is 0. The van der Waals surface area contributed by atoms with E-state index < -0.39 is 5.97 Å². The standard InChI is InChI=1S/C24H36N2O2/c1-4-5-6-20-17-24(2,3)12-11-21(20)18-25-13-15-26(16-14-25)22-9-7-19(8-10-22)23(27)28/h7-10H,4-6,11-18H2,1-3H3,(H,27,28). The maximum atomic E-state index is 11.0.